The minimum absolute atomic E-state index is 0.0210. The number of rotatable bonds is 3. The number of nitrogens with zero attached hydrogens (tertiary/aromatic N) is 2. The van der Waals surface area contributed by atoms with E-state index in [2.05, 4.69) is 56.3 Å². The van der Waals surface area contributed by atoms with E-state index in [0.717, 1.165) is 28.7 Å². The molecule has 1 unspecified atom stereocenters. The molecular weight excluding hydrogens is 402 g/mol. The first kappa shape index (κ1) is 17.9. The van der Waals surface area contributed by atoms with Gasteiger partial charge in [0.1, 0.15) is 0 Å². The standard InChI is InChI=1S/C22H22BrN3O/c1-16-14-18(9-10-19(16)23)24-22(27)26-13-12-25-11-5-8-20(25)21(26)15-17-6-3-2-4-7-17/h2-11,14,21H,12-13,15H2,1H3,(H,24,27). The summed E-state index contributed by atoms with van der Waals surface area (Å²) in [6.07, 6.45) is 2.90. The highest BCUT2D eigenvalue weighted by molar-refractivity contribution is 9.10. The molecule has 2 heterocycles. The number of benzene rings is 2. The Morgan fingerprint density at radius 1 is 1.11 bits per heavy atom. The van der Waals surface area contributed by atoms with E-state index in [0.29, 0.717) is 6.54 Å². The number of urea groups is 1. The number of hydrogen-bond donors (Lipinski definition) is 1. The molecule has 0 fully saturated rings. The fraction of sp³-hybridized carbons (Fsp3) is 0.227. The zero-order valence-corrected chi connectivity index (χ0v) is 16.8. The van der Waals surface area contributed by atoms with Crippen LogP contribution >= 0.6 is 15.9 Å². The molecule has 0 saturated carbocycles. The van der Waals surface area contributed by atoms with Gasteiger partial charge in [0.25, 0.3) is 0 Å². The van der Waals surface area contributed by atoms with Gasteiger partial charge in [-0.05, 0) is 54.8 Å². The summed E-state index contributed by atoms with van der Waals surface area (Å²) in [5, 5.41) is 3.08. The number of carbonyl (C=O) groups excluding carboxylic acids is 1. The van der Waals surface area contributed by atoms with E-state index < -0.39 is 0 Å². The van der Waals surface area contributed by atoms with Gasteiger partial charge in [0.2, 0.25) is 0 Å². The van der Waals surface area contributed by atoms with Crippen LogP contribution in [0.4, 0.5) is 10.5 Å². The van der Waals surface area contributed by atoms with Crippen LogP contribution in [0.3, 0.4) is 0 Å². The van der Waals surface area contributed by atoms with E-state index in [-0.39, 0.29) is 12.1 Å². The molecule has 138 valence electrons. The van der Waals surface area contributed by atoms with Crippen LogP contribution in [0.25, 0.3) is 0 Å². The highest BCUT2D eigenvalue weighted by atomic mass is 79.9. The number of carbonyl (C=O) groups is 1. The van der Waals surface area contributed by atoms with Gasteiger partial charge < -0.3 is 14.8 Å². The summed E-state index contributed by atoms with van der Waals surface area (Å²) >= 11 is 3.51. The average molecular weight is 424 g/mol. The summed E-state index contributed by atoms with van der Waals surface area (Å²) < 4.78 is 3.29. The molecule has 4 nitrogen and oxygen atoms in total. The predicted molar refractivity (Wildman–Crippen MR) is 112 cm³/mol. The first-order valence-corrected chi connectivity index (χ1v) is 9.94. The number of nitrogens with one attached hydrogen (secondary N) is 1. The lowest BCUT2D eigenvalue weighted by Crippen LogP contribution is -2.44. The molecular formula is C22H22BrN3O. The Labute approximate surface area is 167 Å². The summed E-state index contributed by atoms with van der Waals surface area (Å²) in [4.78, 5) is 15.0. The maximum Gasteiger partial charge on any atom is 0.322 e. The zero-order valence-electron chi connectivity index (χ0n) is 15.2. The fourth-order valence-corrected chi connectivity index (χ4v) is 3.92. The molecule has 5 heteroatoms. The molecule has 4 rings (SSSR count). The molecule has 0 bridgehead atoms. The van der Waals surface area contributed by atoms with Gasteiger partial charge in [-0.15, -0.1) is 0 Å². The molecule has 0 aliphatic carbocycles. The topological polar surface area (TPSA) is 37.3 Å². The highest BCUT2D eigenvalue weighted by Crippen LogP contribution is 2.30. The Morgan fingerprint density at radius 2 is 1.93 bits per heavy atom. The molecule has 3 aromatic rings. The Bertz CT molecular complexity index is 951. The van der Waals surface area contributed by atoms with Crippen LogP contribution in [0, 0.1) is 6.92 Å². The molecule has 2 amide bonds. The minimum Gasteiger partial charge on any atom is -0.348 e. The number of amides is 2. The van der Waals surface area contributed by atoms with Crippen molar-refractivity contribution in [1.82, 2.24) is 9.47 Å². The lowest BCUT2D eigenvalue weighted by Gasteiger charge is -2.37. The van der Waals surface area contributed by atoms with Crippen LogP contribution in [-0.2, 0) is 13.0 Å². The normalized spacial score (nSPS) is 16.1. The lowest BCUT2D eigenvalue weighted by molar-refractivity contribution is 0.167. The van der Waals surface area contributed by atoms with Gasteiger partial charge in [0.15, 0.2) is 0 Å². The van der Waals surface area contributed by atoms with E-state index in [4.69, 9.17) is 0 Å². The summed E-state index contributed by atoms with van der Waals surface area (Å²) in [5.74, 6) is 0. The molecule has 2 aromatic carbocycles. The number of anilines is 1. The molecule has 1 N–H and O–H groups in total. The molecule has 0 saturated heterocycles. The van der Waals surface area contributed by atoms with Gasteiger partial charge in [-0.2, -0.15) is 0 Å². The van der Waals surface area contributed by atoms with Crippen molar-refractivity contribution < 1.29 is 4.79 Å². The van der Waals surface area contributed by atoms with Crippen molar-refractivity contribution in [3.63, 3.8) is 0 Å². The quantitative estimate of drug-likeness (QED) is 0.602. The highest BCUT2D eigenvalue weighted by Gasteiger charge is 2.31. The SMILES string of the molecule is Cc1cc(NC(=O)N2CCn3cccc3C2Cc2ccccc2)ccc1Br. The number of aryl methyl sites for hydroxylation is 1. The third-order valence-corrected chi connectivity index (χ3v) is 6.00. The van der Waals surface area contributed by atoms with E-state index in [1.54, 1.807) is 0 Å². The van der Waals surface area contributed by atoms with Crippen LogP contribution in [-0.4, -0.2) is 22.0 Å². The summed E-state index contributed by atoms with van der Waals surface area (Å²) in [6.45, 7) is 3.53. The Kier molecular flexibility index (Phi) is 5.03. The number of aromatic nitrogens is 1. The molecule has 1 atom stereocenters. The van der Waals surface area contributed by atoms with Crippen molar-refractivity contribution in [2.75, 3.05) is 11.9 Å². The molecule has 27 heavy (non-hydrogen) atoms. The van der Waals surface area contributed by atoms with Crippen molar-refractivity contribution >= 4 is 27.6 Å². The van der Waals surface area contributed by atoms with Crippen LogP contribution in [0.2, 0.25) is 0 Å². The van der Waals surface area contributed by atoms with Crippen molar-refractivity contribution in [2.24, 2.45) is 0 Å². The maximum absolute atomic E-state index is 13.1. The second kappa shape index (κ2) is 7.61. The number of fused-ring (bicyclic) bond motifs is 1. The van der Waals surface area contributed by atoms with Crippen LogP contribution in [0.15, 0.2) is 71.3 Å². The number of halogens is 1. The fourth-order valence-electron chi connectivity index (χ4n) is 3.68. The van der Waals surface area contributed by atoms with Gasteiger partial charge in [-0.25, -0.2) is 4.79 Å². The van der Waals surface area contributed by atoms with E-state index in [1.165, 1.54) is 11.3 Å². The molecule has 1 aliphatic heterocycles. The van der Waals surface area contributed by atoms with Gasteiger partial charge in [0.05, 0.1) is 6.04 Å². The predicted octanol–water partition coefficient (Wildman–Crippen LogP) is 5.39. The largest absolute Gasteiger partial charge is 0.348 e. The second-order valence-corrected chi connectivity index (χ2v) is 7.77. The van der Waals surface area contributed by atoms with Crippen LogP contribution in [0.5, 0.6) is 0 Å². The van der Waals surface area contributed by atoms with Gasteiger partial charge >= 0.3 is 6.03 Å². The summed E-state index contributed by atoms with van der Waals surface area (Å²) in [6, 6.07) is 20.4. The van der Waals surface area contributed by atoms with E-state index in [9.17, 15) is 4.79 Å². The van der Waals surface area contributed by atoms with Crippen LogP contribution in [0.1, 0.15) is 22.9 Å². The summed E-state index contributed by atoms with van der Waals surface area (Å²) in [5.41, 5.74) is 4.34. The van der Waals surface area contributed by atoms with Gasteiger partial charge in [-0.3, -0.25) is 0 Å². The number of hydrogen-bond acceptors (Lipinski definition) is 1. The van der Waals surface area contributed by atoms with Crippen LogP contribution < -0.4 is 5.32 Å². The van der Waals surface area contributed by atoms with E-state index in [1.807, 2.05) is 48.2 Å². The second-order valence-electron chi connectivity index (χ2n) is 6.92. The zero-order chi connectivity index (χ0) is 18.8. The molecule has 0 spiro atoms. The van der Waals surface area contributed by atoms with Crippen molar-refractivity contribution in [3.8, 4) is 0 Å². The molecule has 1 aromatic heterocycles. The lowest BCUT2D eigenvalue weighted by atomic mass is 10.0. The monoisotopic (exact) mass is 423 g/mol. The van der Waals surface area contributed by atoms with Gasteiger partial charge in [0, 0.05) is 35.1 Å². The molecule has 0 radical (unpaired) electrons. The first-order valence-electron chi connectivity index (χ1n) is 9.14. The van der Waals surface area contributed by atoms with Gasteiger partial charge in [-0.1, -0.05) is 46.3 Å². The smallest absolute Gasteiger partial charge is 0.322 e. The summed E-state index contributed by atoms with van der Waals surface area (Å²) in [7, 11) is 0. The Balaban J connectivity index is 1.59. The minimum atomic E-state index is -0.0508. The van der Waals surface area contributed by atoms with Crippen molar-refractivity contribution in [1.29, 1.82) is 0 Å². The Morgan fingerprint density at radius 3 is 2.70 bits per heavy atom. The third-order valence-electron chi connectivity index (χ3n) is 5.11. The van der Waals surface area contributed by atoms with E-state index >= 15 is 0 Å². The first-order chi connectivity index (χ1) is 13.1. The molecule has 1 aliphatic rings. The third kappa shape index (κ3) is 3.78. The van der Waals surface area contributed by atoms with Crippen molar-refractivity contribution in [2.45, 2.75) is 25.9 Å². The maximum atomic E-state index is 13.1. The Hall–Kier alpha value is -2.53. The average Bonchev–Trinajstić information content (AvgIpc) is 3.15. The van der Waals surface area contributed by atoms with Crippen molar-refractivity contribution in [3.05, 3.63) is 88.2 Å².